The second kappa shape index (κ2) is 15.1. The minimum atomic E-state index is -1.77. The maximum Gasteiger partial charge on any atom is 0.419 e. The fourth-order valence-electron chi connectivity index (χ4n) is 8.52. The molecule has 3 aromatic heterocycles. The number of likely N-dealkylation sites (tertiary alicyclic amines) is 1. The first-order valence-electron chi connectivity index (χ1n) is 18.7. The second-order valence-electron chi connectivity index (χ2n) is 15.1. The first-order chi connectivity index (χ1) is 26.1. The molecule has 3 N–H and O–H groups in total. The van der Waals surface area contributed by atoms with Crippen molar-refractivity contribution < 1.29 is 34.1 Å². The van der Waals surface area contributed by atoms with Crippen LogP contribution in [0, 0.1) is 5.41 Å². The van der Waals surface area contributed by atoms with Gasteiger partial charge in [-0.3, -0.25) is 9.36 Å². The van der Waals surface area contributed by atoms with E-state index in [9.17, 15) is 29.7 Å². The SMILES string of the molecule is O=C1C=Cc2c([C@@H](O)CCCc3ccc4c(c3)oc(=O)n4CCCN3CCC4(CC3)CC(OC(=O)C(O)(c3cccs3)c3cccs3)C4)ccc(O)c2C1. The topological polar surface area (TPSA) is 142 Å². The van der Waals surface area contributed by atoms with Crippen LogP contribution in [0.5, 0.6) is 5.75 Å². The van der Waals surface area contributed by atoms with Crippen LogP contribution in [-0.4, -0.2) is 62.3 Å². The van der Waals surface area contributed by atoms with Crippen molar-refractivity contribution in [1.29, 1.82) is 0 Å². The number of nitrogens with zero attached hydrogens (tertiary/aromatic N) is 2. The average Bonchev–Trinajstić information content (AvgIpc) is 3.95. The second-order valence-corrected chi connectivity index (χ2v) is 17.0. The molecule has 1 aliphatic heterocycles. The van der Waals surface area contributed by atoms with Gasteiger partial charge in [0.05, 0.1) is 21.4 Å². The van der Waals surface area contributed by atoms with Crippen molar-refractivity contribution in [1.82, 2.24) is 9.47 Å². The number of phenolic OH excluding ortho intramolecular Hbond substituents is 1. The molecule has 8 rings (SSSR count). The number of phenols is 1. The number of aliphatic hydroxyl groups is 2. The summed E-state index contributed by atoms with van der Waals surface area (Å²) in [5, 5.41) is 36.4. The molecule has 5 aromatic rings. The minimum Gasteiger partial charge on any atom is -0.508 e. The number of benzene rings is 2. The van der Waals surface area contributed by atoms with E-state index in [0.717, 1.165) is 68.4 Å². The van der Waals surface area contributed by atoms with Crippen molar-refractivity contribution in [3.05, 3.63) is 114 Å². The van der Waals surface area contributed by atoms with Crippen molar-refractivity contribution in [3.8, 4) is 5.75 Å². The van der Waals surface area contributed by atoms with Gasteiger partial charge in [-0.05, 0) is 140 Å². The Kier molecular flexibility index (Phi) is 10.2. The molecular formula is C42H44N2O8S2. The van der Waals surface area contributed by atoms with Gasteiger partial charge in [-0.1, -0.05) is 30.3 Å². The number of thiophene rings is 2. The number of oxazole rings is 1. The Labute approximate surface area is 320 Å². The lowest BCUT2D eigenvalue weighted by atomic mass is 9.61. The van der Waals surface area contributed by atoms with Gasteiger partial charge < -0.3 is 29.4 Å². The summed E-state index contributed by atoms with van der Waals surface area (Å²) < 4.78 is 13.3. The van der Waals surface area contributed by atoms with Gasteiger partial charge in [0.2, 0.25) is 5.60 Å². The van der Waals surface area contributed by atoms with Gasteiger partial charge in [0.1, 0.15) is 11.9 Å². The summed E-state index contributed by atoms with van der Waals surface area (Å²) in [5.74, 6) is -0.958. The Balaban J connectivity index is 0.789. The van der Waals surface area contributed by atoms with E-state index < -0.39 is 17.7 Å². The number of hydrogen-bond donors (Lipinski definition) is 3. The Morgan fingerprint density at radius 1 is 0.981 bits per heavy atom. The highest BCUT2D eigenvalue weighted by Crippen LogP contribution is 2.51. The summed E-state index contributed by atoms with van der Waals surface area (Å²) in [5.41, 5.74) is 2.74. The zero-order chi connectivity index (χ0) is 37.5. The van der Waals surface area contributed by atoms with E-state index in [2.05, 4.69) is 4.90 Å². The predicted octanol–water partition coefficient (Wildman–Crippen LogP) is 6.73. The van der Waals surface area contributed by atoms with Gasteiger partial charge in [-0.2, -0.15) is 0 Å². The van der Waals surface area contributed by atoms with E-state index in [1.54, 1.807) is 34.9 Å². The molecule has 1 saturated carbocycles. The molecular weight excluding hydrogens is 725 g/mol. The molecule has 54 heavy (non-hydrogen) atoms. The zero-order valence-corrected chi connectivity index (χ0v) is 31.6. The number of aliphatic hydroxyl groups excluding tert-OH is 1. The summed E-state index contributed by atoms with van der Waals surface area (Å²) >= 11 is 2.70. The number of piperidine rings is 1. The van der Waals surface area contributed by atoms with Crippen molar-refractivity contribution in [3.63, 3.8) is 0 Å². The van der Waals surface area contributed by atoms with E-state index in [-0.39, 0.29) is 35.2 Å². The number of allylic oxidation sites excluding steroid dienone is 1. The number of hydrogen-bond acceptors (Lipinski definition) is 11. The summed E-state index contributed by atoms with van der Waals surface area (Å²) in [6.07, 6.45) is 8.79. The molecule has 1 saturated heterocycles. The van der Waals surface area contributed by atoms with Crippen LogP contribution in [0.1, 0.15) is 83.1 Å². The Bertz CT molecular complexity index is 2180. The monoisotopic (exact) mass is 768 g/mol. The molecule has 10 nitrogen and oxygen atoms in total. The highest BCUT2D eigenvalue weighted by molar-refractivity contribution is 7.12. The van der Waals surface area contributed by atoms with Gasteiger partial charge in [0.15, 0.2) is 11.4 Å². The molecule has 2 aliphatic carbocycles. The molecule has 2 fully saturated rings. The van der Waals surface area contributed by atoms with Gasteiger partial charge in [-0.15, -0.1) is 22.7 Å². The highest BCUT2D eigenvalue weighted by atomic mass is 32.1. The Hall–Kier alpha value is -4.33. The molecule has 1 spiro atoms. The molecule has 3 aliphatic rings. The van der Waals surface area contributed by atoms with Crippen LogP contribution in [-0.2, 0) is 39.3 Å². The smallest absolute Gasteiger partial charge is 0.419 e. The normalized spacial score (nSPS) is 17.9. The van der Waals surface area contributed by atoms with Crippen LogP contribution in [0.25, 0.3) is 17.2 Å². The van der Waals surface area contributed by atoms with Crippen LogP contribution in [0.4, 0.5) is 0 Å². The molecule has 12 heteroatoms. The Morgan fingerprint density at radius 3 is 2.43 bits per heavy atom. The number of fused-ring (bicyclic) bond motifs is 2. The summed E-state index contributed by atoms with van der Waals surface area (Å²) in [7, 11) is 0. The van der Waals surface area contributed by atoms with Crippen molar-refractivity contribution in [2.24, 2.45) is 5.41 Å². The third-order valence-electron chi connectivity index (χ3n) is 11.6. The summed E-state index contributed by atoms with van der Waals surface area (Å²) in [6, 6.07) is 16.3. The average molecular weight is 769 g/mol. The van der Waals surface area contributed by atoms with Crippen molar-refractivity contribution in [2.45, 2.75) is 82.1 Å². The number of ketones is 1. The molecule has 0 unspecified atom stereocenters. The van der Waals surface area contributed by atoms with E-state index in [1.807, 2.05) is 41.1 Å². The third kappa shape index (κ3) is 7.13. The number of esters is 1. The number of carbonyl (C=O) groups is 2. The van der Waals surface area contributed by atoms with Gasteiger partial charge in [-0.25, -0.2) is 9.59 Å². The number of carbonyl (C=O) groups excluding carboxylic acids is 2. The standard InChI is InChI=1S/C42H44N2O8S2/c45-28-10-11-30-31(12-14-35(47)32(30)24-28)34(46)6-1-5-27-9-13-33-36(23-27)52-40(49)44(33)18-4-17-43-19-15-41(16-20-43)25-29(26-41)51-39(48)42(50,37-7-2-21-53-37)38-8-3-22-54-38/h2-3,7-14,21-23,29,34,46-47,50H,1,4-6,15-20,24-26H2/t34-/m0/s1. The van der Waals surface area contributed by atoms with Crippen LogP contribution in [0.15, 0.2) is 80.6 Å². The number of ether oxygens (including phenoxy) is 1. The summed E-state index contributed by atoms with van der Waals surface area (Å²) in [6.45, 7) is 3.35. The lowest BCUT2D eigenvalue weighted by Gasteiger charge is -2.51. The fraction of sp³-hybridized carbons (Fsp3) is 0.405. The van der Waals surface area contributed by atoms with Crippen molar-refractivity contribution >= 4 is 51.6 Å². The molecule has 0 bridgehead atoms. The van der Waals surface area contributed by atoms with E-state index in [1.165, 1.54) is 28.7 Å². The first-order valence-corrected chi connectivity index (χ1v) is 20.5. The lowest BCUT2D eigenvalue weighted by Crippen LogP contribution is -2.52. The third-order valence-corrected chi connectivity index (χ3v) is 13.6. The maximum atomic E-state index is 13.4. The van der Waals surface area contributed by atoms with E-state index in [4.69, 9.17) is 9.15 Å². The number of aryl methyl sites for hydroxylation is 2. The highest BCUT2D eigenvalue weighted by Gasteiger charge is 2.51. The van der Waals surface area contributed by atoms with E-state index >= 15 is 0 Å². The largest absolute Gasteiger partial charge is 0.508 e. The van der Waals surface area contributed by atoms with E-state index in [0.29, 0.717) is 52.3 Å². The first kappa shape index (κ1) is 36.6. The van der Waals surface area contributed by atoms with Crippen molar-refractivity contribution in [2.75, 3.05) is 19.6 Å². The van der Waals surface area contributed by atoms with Crippen LogP contribution < -0.4 is 5.76 Å². The molecule has 4 heterocycles. The number of aromatic hydroxyl groups is 1. The maximum absolute atomic E-state index is 13.4. The van der Waals surface area contributed by atoms with Crippen LogP contribution in [0.2, 0.25) is 0 Å². The molecule has 0 amide bonds. The van der Waals surface area contributed by atoms with Crippen LogP contribution in [0.3, 0.4) is 0 Å². The predicted molar refractivity (Wildman–Crippen MR) is 208 cm³/mol. The molecule has 1 atom stereocenters. The zero-order valence-electron chi connectivity index (χ0n) is 29.9. The Morgan fingerprint density at radius 2 is 1.72 bits per heavy atom. The number of rotatable bonds is 13. The van der Waals surface area contributed by atoms with Gasteiger partial charge in [0, 0.05) is 18.5 Å². The molecule has 2 aromatic carbocycles. The van der Waals surface area contributed by atoms with Crippen LogP contribution >= 0.6 is 22.7 Å². The number of aromatic nitrogens is 1. The minimum absolute atomic E-state index is 0.0708. The quantitative estimate of drug-likeness (QED) is 0.111. The lowest BCUT2D eigenvalue weighted by molar-refractivity contribution is -0.181. The molecule has 282 valence electrons. The van der Waals surface area contributed by atoms with Gasteiger partial charge in [0.25, 0.3) is 0 Å². The molecule has 0 radical (unpaired) electrons. The fourth-order valence-corrected chi connectivity index (χ4v) is 10.2. The van der Waals surface area contributed by atoms with Gasteiger partial charge >= 0.3 is 11.7 Å². The summed E-state index contributed by atoms with van der Waals surface area (Å²) in [4.78, 5) is 41.6.